The molecule has 1 aliphatic heterocycles. The Morgan fingerprint density at radius 1 is 1.09 bits per heavy atom. The van der Waals surface area contributed by atoms with Crippen LogP contribution in [0.5, 0.6) is 5.88 Å². The lowest BCUT2D eigenvalue weighted by Crippen LogP contribution is -2.47. The van der Waals surface area contributed by atoms with Gasteiger partial charge >= 0.3 is 0 Å². The first-order valence-corrected chi connectivity index (χ1v) is 7.48. The highest BCUT2D eigenvalue weighted by atomic mass is 16.5. The zero-order valence-electron chi connectivity index (χ0n) is 12.9. The minimum Gasteiger partial charge on any atom is -0.481 e. The van der Waals surface area contributed by atoms with Crippen LogP contribution in [0.15, 0.2) is 24.7 Å². The van der Waals surface area contributed by atoms with E-state index in [1.54, 1.807) is 25.7 Å². The van der Waals surface area contributed by atoms with Crippen LogP contribution in [-0.2, 0) is 6.42 Å². The summed E-state index contributed by atoms with van der Waals surface area (Å²) in [5, 5.41) is 0. The lowest BCUT2D eigenvalue weighted by Gasteiger charge is -2.35. The van der Waals surface area contributed by atoms with Crippen molar-refractivity contribution in [3.8, 4) is 5.88 Å². The van der Waals surface area contributed by atoms with E-state index in [0.29, 0.717) is 5.88 Å². The lowest BCUT2D eigenvalue weighted by molar-refractivity contribution is 0.396. The molecule has 116 valence electrons. The summed E-state index contributed by atoms with van der Waals surface area (Å²) in [6.07, 6.45) is 4.30. The molecular weight excluding hydrogens is 280 g/mol. The summed E-state index contributed by atoms with van der Waals surface area (Å²) in [5.74, 6) is 2.31. The van der Waals surface area contributed by atoms with Crippen LogP contribution in [0.1, 0.15) is 12.6 Å². The van der Waals surface area contributed by atoms with E-state index in [1.807, 2.05) is 0 Å². The quantitative estimate of drug-likeness (QED) is 0.839. The first-order valence-electron chi connectivity index (χ1n) is 7.48. The number of hydrogen-bond acceptors (Lipinski definition) is 7. The Bertz CT molecular complexity index is 571. The average molecular weight is 300 g/mol. The van der Waals surface area contributed by atoms with Gasteiger partial charge in [-0.15, -0.1) is 0 Å². The maximum atomic E-state index is 5.16. The Morgan fingerprint density at radius 3 is 2.59 bits per heavy atom. The molecular formula is C15H20N6O. The molecule has 2 aromatic heterocycles. The Hall–Kier alpha value is -2.44. The van der Waals surface area contributed by atoms with Gasteiger partial charge < -0.3 is 14.5 Å². The number of methoxy groups -OCH3 is 1. The fourth-order valence-corrected chi connectivity index (χ4v) is 2.49. The highest BCUT2D eigenvalue weighted by Gasteiger charge is 2.20. The van der Waals surface area contributed by atoms with Crippen LogP contribution in [0, 0.1) is 0 Å². The molecule has 0 radical (unpaired) electrons. The number of piperazine rings is 1. The van der Waals surface area contributed by atoms with E-state index in [2.05, 4.69) is 42.7 Å². The molecule has 1 saturated heterocycles. The highest BCUT2D eigenvalue weighted by Crippen LogP contribution is 2.18. The second-order valence-corrected chi connectivity index (χ2v) is 5.09. The van der Waals surface area contributed by atoms with E-state index in [4.69, 9.17) is 4.74 Å². The van der Waals surface area contributed by atoms with Crippen molar-refractivity contribution in [2.24, 2.45) is 0 Å². The first-order chi connectivity index (χ1) is 10.8. The molecule has 2 aromatic rings. The fraction of sp³-hybridized carbons (Fsp3) is 0.467. The molecule has 0 N–H and O–H groups in total. The van der Waals surface area contributed by atoms with Crippen molar-refractivity contribution in [2.45, 2.75) is 13.3 Å². The predicted octanol–water partition coefficient (Wildman–Crippen LogP) is 1.16. The van der Waals surface area contributed by atoms with Crippen molar-refractivity contribution in [3.05, 3.63) is 30.4 Å². The van der Waals surface area contributed by atoms with E-state index in [9.17, 15) is 0 Å². The van der Waals surface area contributed by atoms with Crippen molar-refractivity contribution < 1.29 is 4.74 Å². The van der Waals surface area contributed by atoms with Gasteiger partial charge in [0.15, 0.2) is 0 Å². The lowest BCUT2D eigenvalue weighted by atomic mass is 10.3. The number of hydrogen-bond donors (Lipinski definition) is 0. The van der Waals surface area contributed by atoms with Gasteiger partial charge in [0.25, 0.3) is 0 Å². The van der Waals surface area contributed by atoms with Crippen LogP contribution in [0.25, 0.3) is 0 Å². The number of anilines is 2. The van der Waals surface area contributed by atoms with E-state index < -0.39 is 0 Å². The number of rotatable bonds is 4. The number of aryl methyl sites for hydroxylation is 1. The van der Waals surface area contributed by atoms with Gasteiger partial charge in [-0.25, -0.2) is 15.0 Å². The second-order valence-electron chi connectivity index (χ2n) is 5.09. The van der Waals surface area contributed by atoms with E-state index >= 15 is 0 Å². The van der Waals surface area contributed by atoms with Gasteiger partial charge in [0.05, 0.1) is 7.11 Å². The summed E-state index contributed by atoms with van der Waals surface area (Å²) in [6.45, 7) is 5.60. The molecule has 7 heteroatoms. The average Bonchev–Trinajstić information content (AvgIpc) is 2.62. The normalized spacial score (nSPS) is 15.0. The van der Waals surface area contributed by atoms with Crippen LogP contribution >= 0.6 is 0 Å². The summed E-state index contributed by atoms with van der Waals surface area (Å²) in [4.78, 5) is 21.8. The van der Waals surface area contributed by atoms with Gasteiger partial charge in [-0.2, -0.15) is 4.98 Å². The minimum atomic E-state index is 0.593. The summed E-state index contributed by atoms with van der Waals surface area (Å²) in [6, 6.07) is 3.82. The van der Waals surface area contributed by atoms with Crippen LogP contribution in [0.3, 0.4) is 0 Å². The molecule has 3 rings (SSSR count). The van der Waals surface area contributed by atoms with Crippen LogP contribution in [-0.4, -0.2) is 53.2 Å². The highest BCUT2D eigenvalue weighted by molar-refractivity contribution is 5.43. The van der Waals surface area contributed by atoms with Crippen LogP contribution in [0.4, 0.5) is 11.8 Å². The Morgan fingerprint density at radius 2 is 1.86 bits per heavy atom. The standard InChI is InChI=1S/C15H20N6O/c1-3-12-10-13(18-11-17-12)20-6-8-21(9-7-20)15-16-5-4-14(19-15)22-2/h4-5,10-11H,3,6-9H2,1-2H3. The van der Waals surface area contributed by atoms with Crippen LogP contribution < -0.4 is 14.5 Å². The molecule has 3 heterocycles. The van der Waals surface area contributed by atoms with Gasteiger partial charge in [-0.3, -0.25) is 0 Å². The third kappa shape index (κ3) is 3.08. The molecule has 1 fully saturated rings. The van der Waals surface area contributed by atoms with Crippen molar-refractivity contribution in [1.82, 2.24) is 19.9 Å². The molecule has 0 saturated carbocycles. The SMILES string of the molecule is CCc1cc(N2CCN(c3nccc(OC)n3)CC2)ncn1. The van der Waals surface area contributed by atoms with Crippen molar-refractivity contribution in [3.63, 3.8) is 0 Å². The summed E-state index contributed by atoms with van der Waals surface area (Å²) >= 11 is 0. The van der Waals surface area contributed by atoms with Gasteiger partial charge in [0.2, 0.25) is 11.8 Å². The second kappa shape index (κ2) is 6.55. The van der Waals surface area contributed by atoms with Gasteiger partial charge in [-0.05, 0) is 6.42 Å². The molecule has 0 unspecified atom stereocenters. The molecule has 0 aliphatic carbocycles. The smallest absolute Gasteiger partial charge is 0.228 e. The molecule has 0 amide bonds. The molecule has 0 atom stereocenters. The minimum absolute atomic E-state index is 0.593. The summed E-state index contributed by atoms with van der Waals surface area (Å²) < 4.78 is 5.16. The number of aromatic nitrogens is 4. The number of ether oxygens (including phenoxy) is 1. The monoisotopic (exact) mass is 300 g/mol. The molecule has 7 nitrogen and oxygen atoms in total. The van der Waals surface area contributed by atoms with E-state index in [0.717, 1.165) is 50.1 Å². The van der Waals surface area contributed by atoms with Gasteiger partial charge in [0.1, 0.15) is 12.1 Å². The summed E-state index contributed by atoms with van der Waals surface area (Å²) in [7, 11) is 1.62. The van der Waals surface area contributed by atoms with Crippen molar-refractivity contribution in [1.29, 1.82) is 0 Å². The molecule has 0 bridgehead atoms. The summed E-state index contributed by atoms with van der Waals surface area (Å²) in [5.41, 5.74) is 1.07. The topological polar surface area (TPSA) is 67.3 Å². The zero-order valence-corrected chi connectivity index (χ0v) is 12.9. The van der Waals surface area contributed by atoms with Gasteiger partial charge in [-0.1, -0.05) is 6.92 Å². The molecule has 0 aromatic carbocycles. The maximum Gasteiger partial charge on any atom is 0.228 e. The first kappa shape index (κ1) is 14.5. The maximum absolute atomic E-state index is 5.16. The Kier molecular flexibility index (Phi) is 4.32. The molecule has 22 heavy (non-hydrogen) atoms. The van der Waals surface area contributed by atoms with Gasteiger partial charge in [0, 0.05) is 50.2 Å². The zero-order chi connectivity index (χ0) is 15.4. The Labute approximate surface area is 130 Å². The Balaban J connectivity index is 1.66. The predicted molar refractivity (Wildman–Crippen MR) is 84.4 cm³/mol. The van der Waals surface area contributed by atoms with Crippen LogP contribution in [0.2, 0.25) is 0 Å². The van der Waals surface area contributed by atoms with Crippen molar-refractivity contribution in [2.75, 3.05) is 43.1 Å². The molecule has 1 aliphatic rings. The van der Waals surface area contributed by atoms with Crippen molar-refractivity contribution >= 4 is 11.8 Å². The largest absolute Gasteiger partial charge is 0.481 e. The van der Waals surface area contributed by atoms with E-state index in [1.165, 1.54) is 0 Å². The van der Waals surface area contributed by atoms with E-state index in [-0.39, 0.29) is 0 Å². The third-order valence-electron chi connectivity index (χ3n) is 3.78. The number of nitrogens with zero attached hydrogens (tertiary/aromatic N) is 6. The third-order valence-corrected chi connectivity index (χ3v) is 3.78. The molecule has 0 spiro atoms. The fourth-order valence-electron chi connectivity index (χ4n) is 2.49.